The van der Waals surface area contributed by atoms with E-state index in [2.05, 4.69) is 10.1 Å². The predicted molar refractivity (Wildman–Crippen MR) is 98.0 cm³/mol. The topological polar surface area (TPSA) is 35.6 Å². The van der Waals surface area contributed by atoms with Gasteiger partial charge in [0.05, 0.1) is 21.7 Å². The molecule has 0 bridgehead atoms. The number of nitrogens with zero attached hydrogens (tertiary/aromatic N) is 4. The molecule has 4 rings (SSSR count). The number of aromatic nitrogens is 4. The summed E-state index contributed by atoms with van der Waals surface area (Å²) in [6.07, 6.45) is 1.81. The number of rotatable bonds is 2. The molecule has 0 unspecified atom stereocenters. The van der Waals surface area contributed by atoms with Gasteiger partial charge in [0.15, 0.2) is 0 Å². The number of halogens is 2. The number of hydrogen-bond acceptors (Lipinski definition) is 2. The summed E-state index contributed by atoms with van der Waals surface area (Å²) in [6, 6.07) is 13.5. The number of imidazole rings is 1. The molecule has 0 aliphatic heterocycles. The lowest BCUT2D eigenvalue weighted by Gasteiger charge is -2.10. The lowest BCUT2D eigenvalue weighted by atomic mass is 10.1. The van der Waals surface area contributed by atoms with Crippen molar-refractivity contribution in [1.82, 2.24) is 19.3 Å². The van der Waals surface area contributed by atoms with E-state index < -0.39 is 0 Å². The monoisotopic (exact) mass is 356 g/mol. The highest BCUT2D eigenvalue weighted by atomic mass is 35.5. The van der Waals surface area contributed by atoms with E-state index in [0.29, 0.717) is 10.0 Å². The average molecular weight is 357 g/mol. The van der Waals surface area contributed by atoms with Gasteiger partial charge in [0, 0.05) is 23.2 Å². The molecule has 0 radical (unpaired) electrons. The number of fused-ring (bicyclic) bond motifs is 1. The molecule has 2 heterocycles. The molecule has 2 aromatic carbocycles. The van der Waals surface area contributed by atoms with Crippen LogP contribution in [0.25, 0.3) is 28.0 Å². The van der Waals surface area contributed by atoms with Gasteiger partial charge in [-0.1, -0.05) is 41.4 Å². The Morgan fingerprint density at radius 3 is 2.62 bits per heavy atom. The Kier molecular flexibility index (Phi) is 3.59. The first kappa shape index (κ1) is 15.2. The predicted octanol–water partition coefficient (Wildman–Crippen LogP) is 5.04. The van der Waals surface area contributed by atoms with Crippen LogP contribution in [0.3, 0.4) is 0 Å². The van der Waals surface area contributed by atoms with Crippen LogP contribution in [0.5, 0.6) is 0 Å². The molecule has 0 atom stereocenters. The lowest BCUT2D eigenvalue weighted by molar-refractivity contribution is 0.727. The minimum absolute atomic E-state index is 0.601. The van der Waals surface area contributed by atoms with E-state index in [1.165, 1.54) is 0 Å². The molecule has 6 heteroatoms. The van der Waals surface area contributed by atoms with Crippen LogP contribution in [0.15, 0.2) is 48.8 Å². The number of hydrogen-bond donors (Lipinski definition) is 0. The number of benzene rings is 2. The summed E-state index contributed by atoms with van der Waals surface area (Å²) in [5.41, 5.74) is 4.73. The lowest BCUT2D eigenvalue weighted by Crippen LogP contribution is -2.03. The highest BCUT2D eigenvalue weighted by molar-refractivity contribution is 6.36. The summed E-state index contributed by atoms with van der Waals surface area (Å²) in [4.78, 5) is 4.48. The van der Waals surface area contributed by atoms with Gasteiger partial charge in [-0.05, 0) is 31.2 Å². The first-order chi connectivity index (χ1) is 11.6. The van der Waals surface area contributed by atoms with Gasteiger partial charge in [-0.15, -0.1) is 0 Å². The Hall–Kier alpha value is -2.30. The van der Waals surface area contributed by atoms with Crippen molar-refractivity contribution in [3.05, 3.63) is 64.5 Å². The molecular weight excluding hydrogens is 343 g/mol. The van der Waals surface area contributed by atoms with E-state index in [1.807, 2.05) is 65.9 Å². The van der Waals surface area contributed by atoms with Gasteiger partial charge in [-0.25, -0.2) is 4.98 Å². The van der Waals surface area contributed by atoms with E-state index in [-0.39, 0.29) is 0 Å². The zero-order chi connectivity index (χ0) is 16.8. The average Bonchev–Trinajstić information content (AvgIpc) is 3.08. The zero-order valence-corrected chi connectivity index (χ0v) is 14.7. The molecule has 0 saturated heterocycles. The summed E-state index contributed by atoms with van der Waals surface area (Å²) in [6.45, 7) is 1.98. The van der Waals surface area contributed by atoms with Crippen LogP contribution in [0, 0.1) is 6.92 Å². The molecule has 0 N–H and O–H groups in total. The normalized spacial score (nSPS) is 11.3. The minimum atomic E-state index is 0.601. The Morgan fingerprint density at radius 2 is 1.83 bits per heavy atom. The third-order valence-electron chi connectivity index (χ3n) is 4.07. The van der Waals surface area contributed by atoms with Crippen LogP contribution >= 0.6 is 23.2 Å². The van der Waals surface area contributed by atoms with Gasteiger partial charge >= 0.3 is 0 Å². The van der Waals surface area contributed by atoms with Crippen LogP contribution in [-0.2, 0) is 7.05 Å². The van der Waals surface area contributed by atoms with E-state index in [9.17, 15) is 0 Å². The van der Waals surface area contributed by atoms with E-state index in [1.54, 1.807) is 6.07 Å². The first-order valence-corrected chi connectivity index (χ1v) is 8.23. The van der Waals surface area contributed by atoms with Gasteiger partial charge in [-0.3, -0.25) is 9.25 Å². The highest BCUT2D eigenvalue weighted by Crippen LogP contribution is 2.37. The largest absolute Gasteiger partial charge is 0.283 e. The second kappa shape index (κ2) is 5.65. The summed E-state index contributed by atoms with van der Waals surface area (Å²) >= 11 is 12.5. The van der Waals surface area contributed by atoms with Gasteiger partial charge in [0.1, 0.15) is 12.1 Å². The second-order valence-electron chi connectivity index (χ2n) is 5.64. The third-order valence-corrected chi connectivity index (χ3v) is 4.62. The van der Waals surface area contributed by atoms with Crippen molar-refractivity contribution in [2.24, 2.45) is 7.05 Å². The van der Waals surface area contributed by atoms with Gasteiger partial charge < -0.3 is 0 Å². The van der Waals surface area contributed by atoms with Crippen molar-refractivity contribution in [1.29, 1.82) is 0 Å². The molecule has 4 aromatic rings. The fourth-order valence-corrected chi connectivity index (χ4v) is 3.56. The van der Waals surface area contributed by atoms with Crippen molar-refractivity contribution < 1.29 is 0 Å². The van der Waals surface area contributed by atoms with Gasteiger partial charge in [0.2, 0.25) is 0 Å². The van der Waals surface area contributed by atoms with Crippen molar-refractivity contribution in [2.75, 3.05) is 0 Å². The summed E-state index contributed by atoms with van der Waals surface area (Å²) in [5.74, 6) is 0.922. The molecule has 0 saturated carbocycles. The first-order valence-electron chi connectivity index (χ1n) is 7.47. The Bertz CT molecular complexity index is 1060. The highest BCUT2D eigenvalue weighted by Gasteiger charge is 2.20. The van der Waals surface area contributed by atoms with Crippen LogP contribution in [0.2, 0.25) is 10.0 Å². The molecule has 2 aromatic heterocycles. The maximum atomic E-state index is 6.45. The van der Waals surface area contributed by atoms with Crippen molar-refractivity contribution in [3.63, 3.8) is 0 Å². The van der Waals surface area contributed by atoms with Gasteiger partial charge in [-0.2, -0.15) is 5.10 Å². The Morgan fingerprint density at radius 1 is 1.04 bits per heavy atom. The number of para-hydroxylation sites is 2. The van der Waals surface area contributed by atoms with E-state index in [0.717, 1.165) is 33.7 Å². The summed E-state index contributed by atoms with van der Waals surface area (Å²) < 4.78 is 3.89. The van der Waals surface area contributed by atoms with Crippen LogP contribution in [-0.4, -0.2) is 19.3 Å². The Labute approximate surface area is 149 Å². The van der Waals surface area contributed by atoms with Crippen molar-refractivity contribution in [2.45, 2.75) is 6.92 Å². The molecule has 0 fully saturated rings. The molecule has 0 aliphatic carbocycles. The van der Waals surface area contributed by atoms with E-state index >= 15 is 0 Å². The fourth-order valence-electron chi connectivity index (χ4n) is 3.06. The zero-order valence-electron chi connectivity index (χ0n) is 13.2. The molecule has 0 aliphatic rings. The Balaban J connectivity index is 2.04. The second-order valence-corrected chi connectivity index (χ2v) is 6.48. The van der Waals surface area contributed by atoms with Crippen LogP contribution in [0.1, 0.15) is 5.69 Å². The molecule has 24 heavy (non-hydrogen) atoms. The van der Waals surface area contributed by atoms with Crippen molar-refractivity contribution >= 4 is 34.2 Å². The third kappa shape index (κ3) is 2.30. The SMILES string of the molecule is Cc1nn(C)c(-n2cnc3ccccc32)c1-c1ccc(Cl)cc1Cl. The fraction of sp³-hybridized carbons (Fsp3) is 0.111. The number of aryl methyl sites for hydroxylation is 2. The van der Waals surface area contributed by atoms with Crippen molar-refractivity contribution in [3.8, 4) is 16.9 Å². The maximum absolute atomic E-state index is 6.45. The molecular formula is C18H14Cl2N4. The molecule has 0 amide bonds. The molecule has 120 valence electrons. The standard InChI is InChI=1S/C18H14Cl2N4/c1-11-17(13-8-7-12(19)9-14(13)20)18(23(2)22-11)24-10-21-15-5-3-4-6-16(15)24/h3-10H,1-2H3. The van der Waals surface area contributed by atoms with Crippen LogP contribution in [0.4, 0.5) is 0 Å². The molecule has 4 nitrogen and oxygen atoms in total. The summed E-state index contributed by atoms with van der Waals surface area (Å²) in [5, 5.41) is 5.80. The van der Waals surface area contributed by atoms with Gasteiger partial charge in [0.25, 0.3) is 0 Å². The van der Waals surface area contributed by atoms with Crippen LogP contribution < -0.4 is 0 Å². The summed E-state index contributed by atoms with van der Waals surface area (Å²) in [7, 11) is 1.92. The quantitative estimate of drug-likeness (QED) is 0.504. The maximum Gasteiger partial charge on any atom is 0.144 e. The minimum Gasteiger partial charge on any atom is -0.283 e. The van der Waals surface area contributed by atoms with E-state index in [4.69, 9.17) is 23.2 Å². The molecule has 0 spiro atoms. The smallest absolute Gasteiger partial charge is 0.144 e.